The van der Waals surface area contributed by atoms with Gasteiger partial charge in [0.2, 0.25) is 5.76 Å². The zero-order chi connectivity index (χ0) is 21.7. The first kappa shape index (κ1) is 20.6. The first-order valence-electron chi connectivity index (χ1n) is 8.82. The number of nitrogens with zero attached hydrogens (tertiary/aromatic N) is 1. The van der Waals surface area contributed by atoms with Crippen molar-refractivity contribution in [1.82, 2.24) is 0 Å². The monoisotopic (exact) mass is 410 g/mol. The third-order valence-corrected chi connectivity index (χ3v) is 4.32. The van der Waals surface area contributed by atoms with E-state index in [1.54, 1.807) is 0 Å². The fourth-order valence-corrected chi connectivity index (χ4v) is 2.86. The zero-order valence-electron chi connectivity index (χ0n) is 16.2. The number of methoxy groups -OCH3 is 2. The van der Waals surface area contributed by atoms with Crippen LogP contribution in [-0.4, -0.2) is 31.1 Å². The van der Waals surface area contributed by atoms with E-state index in [0.717, 1.165) is 12.7 Å². The number of carbonyl (C=O) groups is 2. The number of ether oxygens (including phenoxy) is 2. The van der Waals surface area contributed by atoms with Gasteiger partial charge in [-0.2, -0.15) is 0 Å². The summed E-state index contributed by atoms with van der Waals surface area (Å²) in [5.74, 6) is -1.82. The van der Waals surface area contributed by atoms with Crippen LogP contribution in [0.1, 0.15) is 26.5 Å². The minimum atomic E-state index is -0.855. The summed E-state index contributed by atoms with van der Waals surface area (Å²) in [5.41, 5.74) is 1.35. The third kappa shape index (κ3) is 4.14. The Balaban J connectivity index is 2.13. The van der Waals surface area contributed by atoms with Crippen molar-refractivity contribution in [3.05, 3.63) is 81.6 Å². The van der Waals surface area contributed by atoms with Crippen molar-refractivity contribution in [2.24, 2.45) is 0 Å². The van der Waals surface area contributed by atoms with Crippen LogP contribution in [0.15, 0.2) is 59.0 Å². The molecule has 0 radical (unpaired) electrons. The highest BCUT2D eigenvalue weighted by Crippen LogP contribution is 2.38. The summed E-state index contributed by atoms with van der Waals surface area (Å²) in [4.78, 5) is 35.1. The summed E-state index contributed by atoms with van der Waals surface area (Å²) < 4.78 is 15.2. The average Bonchev–Trinajstić information content (AvgIpc) is 3.16. The molecule has 3 aromatic rings. The Morgan fingerprint density at radius 3 is 2.20 bits per heavy atom. The number of benzene rings is 2. The molecule has 0 saturated carbocycles. The molecule has 0 amide bonds. The molecule has 0 fully saturated rings. The number of anilines is 1. The maximum atomic E-state index is 12.5. The van der Waals surface area contributed by atoms with Crippen molar-refractivity contribution in [3.8, 4) is 11.3 Å². The minimum Gasteiger partial charge on any atom is -0.465 e. The molecule has 1 aromatic heterocycles. The molecule has 1 heterocycles. The summed E-state index contributed by atoms with van der Waals surface area (Å²) in [6, 6.07) is 14.9. The van der Waals surface area contributed by atoms with E-state index in [1.165, 1.54) is 31.4 Å². The van der Waals surface area contributed by atoms with Gasteiger partial charge in [0.15, 0.2) is 5.76 Å². The van der Waals surface area contributed by atoms with Crippen LogP contribution in [0.2, 0.25) is 0 Å². The molecule has 0 saturated heterocycles. The highest BCUT2D eigenvalue weighted by molar-refractivity contribution is 6.08. The van der Waals surface area contributed by atoms with Gasteiger partial charge in [0.25, 0.3) is 5.69 Å². The molecule has 0 aliphatic heterocycles. The van der Waals surface area contributed by atoms with Crippen molar-refractivity contribution in [2.75, 3.05) is 19.5 Å². The van der Waals surface area contributed by atoms with E-state index in [-0.39, 0.29) is 28.5 Å². The number of rotatable bonds is 7. The van der Waals surface area contributed by atoms with Gasteiger partial charge in [0.05, 0.1) is 24.8 Å². The Labute approximate surface area is 171 Å². The number of esters is 2. The molecule has 0 atom stereocenters. The topological polar surface area (TPSA) is 121 Å². The second-order valence-corrected chi connectivity index (χ2v) is 6.14. The van der Waals surface area contributed by atoms with E-state index < -0.39 is 16.9 Å². The summed E-state index contributed by atoms with van der Waals surface area (Å²) in [6.45, 7) is 0.324. The molecule has 3 rings (SSSR count). The quantitative estimate of drug-likeness (QED) is 0.352. The fraction of sp³-hybridized carbons (Fsp3) is 0.143. The fourth-order valence-electron chi connectivity index (χ4n) is 2.86. The van der Waals surface area contributed by atoms with Gasteiger partial charge in [-0.25, -0.2) is 9.59 Å². The summed E-state index contributed by atoms with van der Waals surface area (Å²) in [6.07, 6.45) is 0. The van der Waals surface area contributed by atoms with Crippen molar-refractivity contribution in [3.63, 3.8) is 0 Å². The first-order chi connectivity index (χ1) is 14.5. The van der Waals surface area contributed by atoms with E-state index in [1.807, 2.05) is 30.3 Å². The lowest BCUT2D eigenvalue weighted by Gasteiger charge is -2.09. The molecule has 1 N–H and O–H groups in total. The second-order valence-electron chi connectivity index (χ2n) is 6.14. The van der Waals surface area contributed by atoms with Crippen LogP contribution >= 0.6 is 0 Å². The number of non-ortho nitro benzene ring substituents is 1. The number of nitro benzene ring substituents is 1. The Bertz CT molecular complexity index is 1070. The van der Waals surface area contributed by atoms with Gasteiger partial charge >= 0.3 is 11.9 Å². The molecule has 9 nitrogen and oxygen atoms in total. The lowest BCUT2D eigenvalue weighted by atomic mass is 10.1. The van der Waals surface area contributed by atoms with Crippen LogP contribution in [0.4, 0.5) is 11.4 Å². The van der Waals surface area contributed by atoms with Crippen molar-refractivity contribution < 1.29 is 28.4 Å². The second kappa shape index (κ2) is 8.91. The molecule has 0 spiro atoms. The van der Waals surface area contributed by atoms with E-state index in [2.05, 4.69) is 5.32 Å². The zero-order valence-corrected chi connectivity index (χ0v) is 16.2. The van der Waals surface area contributed by atoms with Crippen LogP contribution in [0, 0.1) is 10.1 Å². The lowest BCUT2D eigenvalue weighted by molar-refractivity contribution is -0.384. The number of furan rings is 1. The smallest absolute Gasteiger partial charge is 0.374 e. The molecule has 0 aliphatic carbocycles. The minimum absolute atomic E-state index is 0.106. The van der Waals surface area contributed by atoms with Crippen molar-refractivity contribution >= 4 is 23.3 Å². The molecular weight excluding hydrogens is 392 g/mol. The number of nitrogens with one attached hydrogen (secondary N) is 1. The molecule has 9 heteroatoms. The van der Waals surface area contributed by atoms with Gasteiger partial charge in [0.1, 0.15) is 5.56 Å². The molecule has 0 unspecified atom stereocenters. The predicted octanol–water partition coefficient (Wildman–Crippen LogP) is 4.04. The summed E-state index contributed by atoms with van der Waals surface area (Å²) in [7, 11) is 2.34. The molecule has 154 valence electrons. The maximum Gasteiger partial charge on any atom is 0.374 e. The Hall–Kier alpha value is -4.14. The predicted molar refractivity (Wildman–Crippen MR) is 107 cm³/mol. The normalized spacial score (nSPS) is 10.3. The average molecular weight is 410 g/mol. The standard InChI is InChI=1S/C21H18N2O7/c1-28-20(24)16-17(22-12-13-6-4-3-5-7-13)18(30-19(16)21(25)29-2)14-8-10-15(11-9-14)23(26)27/h3-11,22H,12H2,1-2H3. The highest BCUT2D eigenvalue weighted by atomic mass is 16.6. The highest BCUT2D eigenvalue weighted by Gasteiger charge is 2.32. The summed E-state index contributed by atoms with van der Waals surface area (Å²) in [5, 5.41) is 14.0. The molecule has 30 heavy (non-hydrogen) atoms. The van der Waals surface area contributed by atoms with Crippen LogP contribution in [0.3, 0.4) is 0 Å². The van der Waals surface area contributed by atoms with E-state index in [9.17, 15) is 19.7 Å². The van der Waals surface area contributed by atoms with Crippen LogP contribution in [0.5, 0.6) is 0 Å². The van der Waals surface area contributed by atoms with Gasteiger partial charge in [-0.05, 0) is 17.7 Å². The van der Waals surface area contributed by atoms with Crippen LogP contribution in [-0.2, 0) is 16.0 Å². The third-order valence-electron chi connectivity index (χ3n) is 4.32. The van der Waals surface area contributed by atoms with Gasteiger partial charge in [-0.1, -0.05) is 30.3 Å². The van der Waals surface area contributed by atoms with Crippen LogP contribution < -0.4 is 5.32 Å². The maximum absolute atomic E-state index is 12.5. The number of carbonyl (C=O) groups excluding carboxylic acids is 2. The van der Waals surface area contributed by atoms with Crippen molar-refractivity contribution in [2.45, 2.75) is 6.54 Å². The van der Waals surface area contributed by atoms with Gasteiger partial charge in [-0.15, -0.1) is 0 Å². The van der Waals surface area contributed by atoms with E-state index in [0.29, 0.717) is 12.1 Å². The van der Waals surface area contributed by atoms with Crippen LogP contribution in [0.25, 0.3) is 11.3 Å². The number of hydrogen-bond donors (Lipinski definition) is 1. The van der Waals surface area contributed by atoms with E-state index in [4.69, 9.17) is 13.9 Å². The molecular formula is C21H18N2O7. The Morgan fingerprint density at radius 1 is 1.00 bits per heavy atom. The molecule has 2 aromatic carbocycles. The largest absolute Gasteiger partial charge is 0.465 e. The molecule has 0 bridgehead atoms. The number of hydrogen-bond acceptors (Lipinski definition) is 8. The van der Waals surface area contributed by atoms with Gasteiger partial charge in [-0.3, -0.25) is 10.1 Å². The SMILES string of the molecule is COC(=O)c1oc(-c2ccc([N+](=O)[O-])cc2)c(NCc2ccccc2)c1C(=O)OC. The number of nitro groups is 1. The summed E-state index contributed by atoms with van der Waals surface area (Å²) >= 11 is 0. The Kier molecular flexibility index (Phi) is 6.11. The Morgan fingerprint density at radius 2 is 1.63 bits per heavy atom. The van der Waals surface area contributed by atoms with Gasteiger partial charge < -0.3 is 19.2 Å². The van der Waals surface area contributed by atoms with E-state index >= 15 is 0 Å². The van der Waals surface area contributed by atoms with Crippen molar-refractivity contribution in [1.29, 1.82) is 0 Å². The lowest BCUT2D eigenvalue weighted by Crippen LogP contribution is -2.12. The van der Waals surface area contributed by atoms with Gasteiger partial charge in [0, 0.05) is 24.2 Å². The molecule has 0 aliphatic rings. The first-order valence-corrected chi connectivity index (χ1v) is 8.82.